The number of aromatic amines is 2. The molecule has 0 fully saturated rings. The van der Waals surface area contributed by atoms with Crippen LogP contribution in [0.1, 0.15) is 28.7 Å². The summed E-state index contributed by atoms with van der Waals surface area (Å²) in [7, 11) is 0. The fraction of sp³-hybridized carbons (Fsp3) is 0.190. The zero-order chi connectivity index (χ0) is 18.6. The molecular formula is C21H20N2O3S. The Morgan fingerprint density at radius 2 is 2.07 bits per heavy atom. The number of thiophene rings is 1. The Hall–Kier alpha value is -2.83. The van der Waals surface area contributed by atoms with Crippen LogP contribution in [-0.2, 0) is 6.42 Å². The second-order valence-electron chi connectivity index (χ2n) is 6.40. The molecule has 6 heteroatoms. The number of hydrogen-bond donors (Lipinski definition) is 3. The Labute approximate surface area is 160 Å². The van der Waals surface area contributed by atoms with Gasteiger partial charge in [-0.15, -0.1) is 11.3 Å². The summed E-state index contributed by atoms with van der Waals surface area (Å²) in [5.41, 5.74) is 2.62. The second kappa shape index (κ2) is 7.82. The first-order valence-corrected chi connectivity index (χ1v) is 9.69. The van der Waals surface area contributed by atoms with Crippen molar-refractivity contribution in [1.29, 1.82) is 0 Å². The van der Waals surface area contributed by atoms with Crippen LogP contribution < -0.4 is 10.3 Å². The van der Waals surface area contributed by atoms with E-state index in [0.717, 1.165) is 28.6 Å². The fourth-order valence-electron chi connectivity index (χ4n) is 3.13. The van der Waals surface area contributed by atoms with E-state index in [1.54, 1.807) is 17.4 Å². The van der Waals surface area contributed by atoms with E-state index in [4.69, 9.17) is 4.74 Å². The average molecular weight is 380 g/mol. The van der Waals surface area contributed by atoms with Crippen LogP contribution in [0.4, 0.5) is 0 Å². The standard InChI is InChI=1S/C21H20N2O3S/c24-19(21-15(7-9-22-21)13-17-2-1-11-27-17)8-10-26-16-4-5-18-14(12-16)3-6-20(25)23-18/h1-7,9,11-12,19,22,24H,8,10,13H2,(H,23,25). The molecule has 3 aromatic heterocycles. The van der Waals surface area contributed by atoms with E-state index in [-0.39, 0.29) is 5.56 Å². The minimum Gasteiger partial charge on any atom is -0.493 e. The van der Waals surface area contributed by atoms with Gasteiger partial charge in [-0.05, 0) is 47.3 Å². The molecule has 0 saturated carbocycles. The van der Waals surface area contributed by atoms with Crippen molar-refractivity contribution < 1.29 is 9.84 Å². The highest BCUT2D eigenvalue weighted by molar-refractivity contribution is 7.09. The van der Waals surface area contributed by atoms with Crippen molar-refractivity contribution in [1.82, 2.24) is 9.97 Å². The lowest BCUT2D eigenvalue weighted by Gasteiger charge is -2.13. The molecule has 1 aromatic carbocycles. The number of hydrogen-bond acceptors (Lipinski definition) is 4. The molecule has 3 heterocycles. The van der Waals surface area contributed by atoms with Crippen molar-refractivity contribution in [2.24, 2.45) is 0 Å². The second-order valence-corrected chi connectivity index (χ2v) is 7.43. The molecule has 3 N–H and O–H groups in total. The smallest absolute Gasteiger partial charge is 0.248 e. The van der Waals surface area contributed by atoms with Crippen LogP contribution in [0.15, 0.2) is 64.9 Å². The lowest BCUT2D eigenvalue weighted by molar-refractivity contribution is 0.136. The molecule has 27 heavy (non-hydrogen) atoms. The Bertz CT molecular complexity index is 1080. The molecule has 0 radical (unpaired) electrons. The molecule has 4 rings (SSSR count). The highest BCUT2D eigenvalue weighted by atomic mass is 32.1. The van der Waals surface area contributed by atoms with Gasteiger partial charge in [0, 0.05) is 46.6 Å². The van der Waals surface area contributed by atoms with Crippen LogP contribution in [-0.4, -0.2) is 21.7 Å². The van der Waals surface area contributed by atoms with Gasteiger partial charge in [0.25, 0.3) is 0 Å². The summed E-state index contributed by atoms with van der Waals surface area (Å²) >= 11 is 1.72. The molecule has 0 aliphatic carbocycles. The molecule has 0 aliphatic heterocycles. The largest absolute Gasteiger partial charge is 0.493 e. The number of benzene rings is 1. The quantitative estimate of drug-likeness (QED) is 0.453. The van der Waals surface area contributed by atoms with Crippen molar-refractivity contribution in [2.75, 3.05) is 6.61 Å². The summed E-state index contributed by atoms with van der Waals surface area (Å²) in [6.07, 6.45) is 2.57. The summed E-state index contributed by atoms with van der Waals surface area (Å²) in [6.45, 7) is 0.396. The molecule has 0 aliphatic rings. The third-order valence-electron chi connectivity index (χ3n) is 4.50. The molecule has 0 spiro atoms. The molecule has 1 atom stereocenters. The van der Waals surface area contributed by atoms with Gasteiger partial charge in [0.05, 0.1) is 12.7 Å². The van der Waals surface area contributed by atoms with Gasteiger partial charge < -0.3 is 19.8 Å². The lowest BCUT2D eigenvalue weighted by atomic mass is 10.1. The summed E-state index contributed by atoms with van der Waals surface area (Å²) in [5.74, 6) is 0.715. The summed E-state index contributed by atoms with van der Waals surface area (Å²) in [5, 5.41) is 13.5. The number of aliphatic hydroxyl groups excluding tert-OH is 1. The third kappa shape index (κ3) is 4.13. The molecular weight excluding hydrogens is 360 g/mol. The van der Waals surface area contributed by atoms with Gasteiger partial charge in [0.2, 0.25) is 5.56 Å². The number of rotatable bonds is 7. The van der Waals surface area contributed by atoms with Crippen molar-refractivity contribution in [3.8, 4) is 5.75 Å². The first-order valence-electron chi connectivity index (χ1n) is 8.81. The number of aliphatic hydroxyl groups is 1. The summed E-state index contributed by atoms with van der Waals surface area (Å²) < 4.78 is 5.79. The van der Waals surface area contributed by atoms with Crippen molar-refractivity contribution in [3.05, 3.63) is 86.6 Å². The number of fused-ring (bicyclic) bond motifs is 1. The SMILES string of the molecule is O=c1ccc2cc(OCCC(O)c3[nH]ccc3Cc3cccs3)ccc2[nH]1. The van der Waals surface area contributed by atoms with Gasteiger partial charge in [-0.25, -0.2) is 0 Å². The molecule has 138 valence electrons. The molecule has 5 nitrogen and oxygen atoms in total. The molecule has 0 saturated heterocycles. The van der Waals surface area contributed by atoms with Crippen LogP contribution in [0, 0.1) is 0 Å². The highest BCUT2D eigenvalue weighted by Crippen LogP contribution is 2.24. The minimum absolute atomic E-state index is 0.122. The van der Waals surface area contributed by atoms with Crippen LogP contribution in [0.25, 0.3) is 10.9 Å². The van der Waals surface area contributed by atoms with E-state index in [1.165, 1.54) is 10.9 Å². The number of ether oxygens (including phenoxy) is 1. The van der Waals surface area contributed by atoms with Crippen LogP contribution >= 0.6 is 11.3 Å². The number of pyridine rings is 1. The maximum Gasteiger partial charge on any atom is 0.248 e. The Balaban J connectivity index is 1.37. The van der Waals surface area contributed by atoms with Crippen molar-refractivity contribution in [2.45, 2.75) is 18.9 Å². The van der Waals surface area contributed by atoms with E-state index in [0.29, 0.717) is 18.8 Å². The van der Waals surface area contributed by atoms with Gasteiger partial charge in [-0.1, -0.05) is 6.07 Å². The first-order chi connectivity index (χ1) is 13.2. The fourth-order valence-corrected chi connectivity index (χ4v) is 3.86. The van der Waals surface area contributed by atoms with E-state index in [9.17, 15) is 9.90 Å². The predicted molar refractivity (Wildman–Crippen MR) is 108 cm³/mol. The van der Waals surface area contributed by atoms with E-state index < -0.39 is 6.10 Å². The van der Waals surface area contributed by atoms with Crippen LogP contribution in [0.3, 0.4) is 0 Å². The van der Waals surface area contributed by atoms with Gasteiger partial charge >= 0.3 is 0 Å². The van der Waals surface area contributed by atoms with Gasteiger partial charge in [0.15, 0.2) is 0 Å². The molecule has 0 bridgehead atoms. The van der Waals surface area contributed by atoms with Crippen LogP contribution in [0.2, 0.25) is 0 Å². The van der Waals surface area contributed by atoms with Crippen molar-refractivity contribution >= 4 is 22.2 Å². The molecule has 0 amide bonds. The zero-order valence-corrected chi connectivity index (χ0v) is 15.5. The number of aromatic nitrogens is 2. The van der Waals surface area contributed by atoms with E-state index in [1.807, 2.05) is 36.5 Å². The van der Waals surface area contributed by atoms with Gasteiger partial charge in [-0.2, -0.15) is 0 Å². The average Bonchev–Trinajstić information content (AvgIpc) is 3.34. The normalized spacial score (nSPS) is 12.3. The van der Waals surface area contributed by atoms with Crippen LogP contribution in [0.5, 0.6) is 5.75 Å². The minimum atomic E-state index is -0.605. The Morgan fingerprint density at radius 3 is 2.93 bits per heavy atom. The Kier molecular flexibility index (Phi) is 5.09. The first kappa shape index (κ1) is 17.6. The summed E-state index contributed by atoms with van der Waals surface area (Å²) in [4.78, 5) is 18.6. The Morgan fingerprint density at radius 1 is 1.15 bits per heavy atom. The molecule has 1 unspecified atom stereocenters. The molecule has 4 aromatic rings. The van der Waals surface area contributed by atoms with Crippen molar-refractivity contribution in [3.63, 3.8) is 0 Å². The van der Waals surface area contributed by atoms with E-state index >= 15 is 0 Å². The zero-order valence-electron chi connectivity index (χ0n) is 14.6. The number of H-pyrrole nitrogens is 2. The monoisotopic (exact) mass is 380 g/mol. The maximum absolute atomic E-state index is 11.3. The van der Waals surface area contributed by atoms with Gasteiger partial charge in [-0.3, -0.25) is 4.79 Å². The predicted octanol–water partition coefficient (Wildman–Crippen LogP) is 4.01. The lowest BCUT2D eigenvalue weighted by Crippen LogP contribution is -2.08. The third-order valence-corrected chi connectivity index (χ3v) is 5.38. The number of nitrogens with one attached hydrogen (secondary N) is 2. The maximum atomic E-state index is 11.3. The highest BCUT2D eigenvalue weighted by Gasteiger charge is 2.14. The van der Waals surface area contributed by atoms with E-state index in [2.05, 4.69) is 21.4 Å². The van der Waals surface area contributed by atoms with Gasteiger partial charge in [0.1, 0.15) is 5.75 Å². The summed E-state index contributed by atoms with van der Waals surface area (Å²) in [6, 6.07) is 15.0. The topological polar surface area (TPSA) is 78.1 Å².